The average molecular weight is 397 g/mol. The lowest BCUT2D eigenvalue weighted by Gasteiger charge is -2.29. The molecule has 2 aromatic carbocycles. The average Bonchev–Trinajstić information content (AvgIpc) is 2.68. The van der Waals surface area contributed by atoms with E-state index < -0.39 is 6.10 Å². The third kappa shape index (κ3) is 6.50. The molecule has 1 fully saturated rings. The highest BCUT2D eigenvalue weighted by molar-refractivity contribution is 5.80. The Labute approximate surface area is 174 Å². The maximum Gasteiger partial charge on any atom is 0.261 e. The van der Waals surface area contributed by atoms with E-state index in [1.54, 1.807) is 6.92 Å². The zero-order valence-electron chi connectivity index (χ0n) is 17.9. The van der Waals surface area contributed by atoms with Gasteiger partial charge in [-0.25, -0.2) is 0 Å². The summed E-state index contributed by atoms with van der Waals surface area (Å²) in [5, 5.41) is 2.94. The number of carbonyl (C=O) groups excluding carboxylic acids is 1. The second-order valence-corrected chi connectivity index (χ2v) is 8.07. The van der Waals surface area contributed by atoms with Crippen LogP contribution in [-0.2, 0) is 11.3 Å². The van der Waals surface area contributed by atoms with Crippen LogP contribution < -0.4 is 14.8 Å². The molecule has 1 saturated heterocycles. The van der Waals surface area contributed by atoms with Gasteiger partial charge in [-0.15, -0.1) is 0 Å². The van der Waals surface area contributed by atoms with Crippen LogP contribution in [0.3, 0.4) is 0 Å². The molecule has 1 N–H and O–H groups in total. The molecular formula is C24H32N2O3. The van der Waals surface area contributed by atoms with E-state index in [-0.39, 0.29) is 5.91 Å². The summed E-state index contributed by atoms with van der Waals surface area (Å²) in [5.41, 5.74) is 3.28. The summed E-state index contributed by atoms with van der Waals surface area (Å²) in [6, 6.07) is 13.9. The molecule has 1 atom stereocenters. The van der Waals surface area contributed by atoms with Crippen molar-refractivity contribution in [2.75, 3.05) is 20.1 Å². The number of benzene rings is 2. The first-order valence-corrected chi connectivity index (χ1v) is 10.4. The van der Waals surface area contributed by atoms with Crippen molar-refractivity contribution in [2.45, 2.75) is 52.4 Å². The van der Waals surface area contributed by atoms with Gasteiger partial charge >= 0.3 is 0 Å². The molecule has 0 bridgehead atoms. The molecule has 29 heavy (non-hydrogen) atoms. The van der Waals surface area contributed by atoms with Crippen LogP contribution in [0.25, 0.3) is 0 Å². The normalized spacial score (nSPS) is 16.3. The number of likely N-dealkylation sites (tertiary alicyclic amines) is 1. The predicted molar refractivity (Wildman–Crippen MR) is 115 cm³/mol. The molecule has 1 aliphatic heterocycles. The number of hydrogen-bond acceptors (Lipinski definition) is 4. The molecule has 0 spiro atoms. The lowest BCUT2D eigenvalue weighted by atomic mass is 10.1. The highest BCUT2D eigenvalue weighted by Gasteiger charge is 2.18. The summed E-state index contributed by atoms with van der Waals surface area (Å²) < 4.78 is 11.9. The first kappa shape index (κ1) is 21.2. The second-order valence-electron chi connectivity index (χ2n) is 8.07. The molecule has 5 nitrogen and oxygen atoms in total. The molecular weight excluding hydrogens is 364 g/mol. The summed E-state index contributed by atoms with van der Waals surface area (Å²) in [7, 11) is 2.15. The van der Waals surface area contributed by atoms with Gasteiger partial charge in [0.25, 0.3) is 5.91 Å². The minimum Gasteiger partial charge on any atom is -0.490 e. The standard InChI is InChI=1S/C24H32N2O3/c1-17-13-18(2)15-23(14-17)28-19(3)24(27)25-16-20-5-7-21(8-6-20)29-22-9-11-26(4)12-10-22/h5-8,13-15,19,22H,9-12,16H2,1-4H3,(H,25,27). The molecule has 156 valence electrons. The quantitative estimate of drug-likeness (QED) is 0.772. The summed E-state index contributed by atoms with van der Waals surface area (Å²) in [6.07, 6.45) is 1.86. The van der Waals surface area contributed by atoms with E-state index in [9.17, 15) is 4.79 Å². The van der Waals surface area contributed by atoms with Crippen molar-refractivity contribution in [1.82, 2.24) is 10.2 Å². The SMILES string of the molecule is Cc1cc(C)cc(OC(C)C(=O)NCc2ccc(OC3CCN(C)CC3)cc2)c1. The van der Waals surface area contributed by atoms with Crippen molar-refractivity contribution in [3.63, 3.8) is 0 Å². The van der Waals surface area contributed by atoms with Crippen molar-refractivity contribution >= 4 is 5.91 Å². The Balaban J connectivity index is 1.45. The van der Waals surface area contributed by atoms with E-state index in [0.717, 1.165) is 54.1 Å². The Bertz CT molecular complexity index is 791. The van der Waals surface area contributed by atoms with Gasteiger partial charge in [0.15, 0.2) is 6.10 Å². The van der Waals surface area contributed by atoms with Crippen LogP contribution in [-0.4, -0.2) is 43.2 Å². The van der Waals surface area contributed by atoms with Gasteiger partial charge in [0, 0.05) is 19.6 Å². The number of piperidine rings is 1. The molecule has 3 rings (SSSR count). The van der Waals surface area contributed by atoms with Crippen molar-refractivity contribution < 1.29 is 14.3 Å². The number of nitrogens with zero attached hydrogens (tertiary/aromatic N) is 1. The Morgan fingerprint density at radius 2 is 1.69 bits per heavy atom. The van der Waals surface area contributed by atoms with Gasteiger partial charge in [-0.2, -0.15) is 0 Å². The third-order valence-corrected chi connectivity index (χ3v) is 5.24. The Morgan fingerprint density at radius 1 is 1.07 bits per heavy atom. The third-order valence-electron chi connectivity index (χ3n) is 5.24. The van der Waals surface area contributed by atoms with Gasteiger partial charge in [0.1, 0.15) is 17.6 Å². The van der Waals surface area contributed by atoms with E-state index >= 15 is 0 Å². The Kier molecular flexibility index (Phi) is 7.15. The lowest BCUT2D eigenvalue weighted by Crippen LogP contribution is -2.36. The monoisotopic (exact) mass is 396 g/mol. The minimum absolute atomic E-state index is 0.129. The lowest BCUT2D eigenvalue weighted by molar-refractivity contribution is -0.127. The maximum atomic E-state index is 12.4. The fourth-order valence-corrected chi connectivity index (χ4v) is 3.57. The Hall–Kier alpha value is -2.53. The molecule has 0 aromatic heterocycles. The van der Waals surface area contributed by atoms with Crippen LogP contribution in [0, 0.1) is 13.8 Å². The van der Waals surface area contributed by atoms with E-state index in [0.29, 0.717) is 12.6 Å². The molecule has 1 aliphatic rings. The maximum absolute atomic E-state index is 12.4. The van der Waals surface area contributed by atoms with Crippen molar-refractivity contribution in [2.24, 2.45) is 0 Å². The highest BCUT2D eigenvalue weighted by atomic mass is 16.5. The number of nitrogens with one attached hydrogen (secondary N) is 1. The zero-order valence-corrected chi connectivity index (χ0v) is 17.9. The van der Waals surface area contributed by atoms with Gasteiger partial charge in [-0.05, 0) is 81.6 Å². The van der Waals surface area contributed by atoms with E-state index in [1.807, 2.05) is 50.2 Å². The molecule has 1 unspecified atom stereocenters. The van der Waals surface area contributed by atoms with E-state index in [1.165, 1.54) is 0 Å². The number of rotatable bonds is 7. The van der Waals surface area contributed by atoms with Crippen LogP contribution in [0.4, 0.5) is 0 Å². The second kappa shape index (κ2) is 9.79. The van der Waals surface area contributed by atoms with Crippen LogP contribution in [0.2, 0.25) is 0 Å². The Morgan fingerprint density at radius 3 is 2.31 bits per heavy atom. The van der Waals surface area contributed by atoms with E-state index in [4.69, 9.17) is 9.47 Å². The van der Waals surface area contributed by atoms with Crippen molar-refractivity contribution in [1.29, 1.82) is 0 Å². The van der Waals surface area contributed by atoms with Crippen LogP contribution in [0.1, 0.15) is 36.5 Å². The van der Waals surface area contributed by atoms with Gasteiger partial charge in [-0.1, -0.05) is 18.2 Å². The zero-order chi connectivity index (χ0) is 20.8. The summed E-state index contributed by atoms with van der Waals surface area (Å²) in [5.74, 6) is 1.48. The van der Waals surface area contributed by atoms with Crippen molar-refractivity contribution in [3.8, 4) is 11.5 Å². The van der Waals surface area contributed by atoms with Gasteiger partial charge in [0.05, 0.1) is 0 Å². The smallest absolute Gasteiger partial charge is 0.261 e. The molecule has 5 heteroatoms. The van der Waals surface area contributed by atoms with Crippen LogP contribution in [0.5, 0.6) is 11.5 Å². The highest BCUT2D eigenvalue weighted by Crippen LogP contribution is 2.20. The van der Waals surface area contributed by atoms with Gasteiger partial charge in [-0.3, -0.25) is 4.79 Å². The molecule has 0 saturated carbocycles. The first-order valence-electron chi connectivity index (χ1n) is 10.4. The molecule has 1 heterocycles. The fraction of sp³-hybridized carbons (Fsp3) is 0.458. The number of carbonyl (C=O) groups is 1. The molecule has 0 radical (unpaired) electrons. The minimum atomic E-state index is -0.553. The number of aryl methyl sites for hydroxylation is 2. The molecule has 0 aliphatic carbocycles. The number of hydrogen-bond donors (Lipinski definition) is 1. The molecule has 2 aromatic rings. The van der Waals surface area contributed by atoms with E-state index in [2.05, 4.69) is 23.3 Å². The first-order chi connectivity index (χ1) is 13.9. The fourth-order valence-electron chi connectivity index (χ4n) is 3.57. The number of ether oxygens (including phenoxy) is 2. The number of amides is 1. The van der Waals surface area contributed by atoms with Crippen LogP contribution in [0.15, 0.2) is 42.5 Å². The topological polar surface area (TPSA) is 50.8 Å². The van der Waals surface area contributed by atoms with Crippen LogP contribution >= 0.6 is 0 Å². The summed E-state index contributed by atoms with van der Waals surface area (Å²) in [6.45, 7) is 8.43. The van der Waals surface area contributed by atoms with Gasteiger partial charge in [0.2, 0.25) is 0 Å². The summed E-state index contributed by atoms with van der Waals surface area (Å²) >= 11 is 0. The predicted octanol–water partition coefficient (Wildman–Crippen LogP) is 3.86. The summed E-state index contributed by atoms with van der Waals surface area (Å²) in [4.78, 5) is 14.7. The largest absolute Gasteiger partial charge is 0.490 e. The van der Waals surface area contributed by atoms with Crippen molar-refractivity contribution in [3.05, 3.63) is 59.2 Å². The van der Waals surface area contributed by atoms with Gasteiger partial charge < -0.3 is 19.7 Å². The molecule has 1 amide bonds.